The lowest BCUT2D eigenvalue weighted by Gasteiger charge is -2.04. The number of carbonyl (C=O) groups is 1. The van der Waals surface area contributed by atoms with Gasteiger partial charge in [-0.25, -0.2) is 13.6 Å². The predicted octanol–water partition coefficient (Wildman–Crippen LogP) is 2.65. The molecule has 0 amide bonds. The summed E-state index contributed by atoms with van der Waals surface area (Å²) in [4.78, 5) is 11.0. The maximum atomic E-state index is 13.4. The van der Waals surface area contributed by atoms with Crippen molar-refractivity contribution in [2.75, 3.05) is 7.11 Å². The molecule has 0 radical (unpaired) electrons. The van der Waals surface area contributed by atoms with Gasteiger partial charge in [-0.05, 0) is 12.1 Å². The second-order valence-corrected chi connectivity index (χ2v) is 3.11. The van der Waals surface area contributed by atoms with Gasteiger partial charge in [0.1, 0.15) is 11.6 Å². The molecule has 1 rings (SSSR count). The number of ether oxygens (including phenoxy) is 1. The minimum atomic E-state index is -0.885. The molecule has 5 heteroatoms. The van der Waals surface area contributed by atoms with E-state index in [4.69, 9.17) is 0 Å². The van der Waals surface area contributed by atoms with E-state index in [1.807, 2.05) is 0 Å². The highest BCUT2D eigenvalue weighted by Crippen LogP contribution is 2.18. The van der Waals surface area contributed by atoms with Crippen LogP contribution in [0.5, 0.6) is 0 Å². The first-order valence-electron chi connectivity index (χ1n) is 3.72. The molecule has 0 aliphatic rings. The maximum absolute atomic E-state index is 13.4. The highest BCUT2D eigenvalue weighted by molar-refractivity contribution is 9.08. The summed E-state index contributed by atoms with van der Waals surface area (Å²) >= 11 is 2.99. The molecule has 0 spiro atoms. The molecule has 2 nitrogen and oxygen atoms in total. The highest BCUT2D eigenvalue weighted by Gasteiger charge is 2.16. The molecule has 76 valence electrons. The zero-order valence-electron chi connectivity index (χ0n) is 7.31. The third-order valence-electron chi connectivity index (χ3n) is 1.66. The fourth-order valence-corrected chi connectivity index (χ4v) is 1.41. The summed E-state index contributed by atoms with van der Waals surface area (Å²) in [6, 6.07) is 1.84. The van der Waals surface area contributed by atoms with Crippen molar-refractivity contribution in [2.45, 2.75) is 5.33 Å². The fourth-order valence-electron chi connectivity index (χ4n) is 1.00. The van der Waals surface area contributed by atoms with Crippen LogP contribution in [-0.4, -0.2) is 13.1 Å². The Hall–Kier alpha value is -0.970. The van der Waals surface area contributed by atoms with E-state index in [1.165, 1.54) is 0 Å². The van der Waals surface area contributed by atoms with Gasteiger partial charge in [0, 0.05) is 10.9 Å². The molecule has 0 saturated heterocycles. The van der Waals surface area contributed by atoms with Gasteiger partial charge in [0.05, 0.1) is 12.7 Å². The molecule has 0 saturated carbocycles. The minimum Gasteiger partial charge on any atom is -0.465 e. The first kappa shape index (κ1) is 11.1. The molecule has 0 N–H and O–H groups in total. The molecule has 0 heterocycles. The lowest BCUT2D eigenvalue weighted by atomic mass is 10.1. The standard InChI is InChI=1S/C9H7BrF2O2/c1-14-9(13)7-3-6(11)2-5(4-10)8(7)12/h2-3H,4H2,1H3. The normalized spacial score (nSPS) is 10.0. The number of benzene rings is 1. The monoisotopic (exact) mass is 264 g/mol. The van der Waals surface area contributed by atoms with Gasteiger partial charge in [-0.1, -0.05) is 15.9 Å². The molecule has 0 unspecified atom stereocenters. The topological polar surface area (TPSA) is 26.3 Å². The average Bonchev–Trinajstić information content (AvgIpc) is 2.19. The van der Waals surface area contributed by atoms with Gasteiger partial charge in [-0.2, -0.15) is 0 Å². The summed E-state index contributed by atoms with van der Waals surface area (Å²) in [7, 11) is 1.11. The van der Waals surface area contributed by atoms with Gasteiger partial charge in [-0.3, -0.25) is 0 Å². The first-order valence-corrected chi connectivity index (χ1v) is 4.84. The number of hydrogen-bond acceptors (Lipinski definition) is 2. The number of hydrogen-bond donors (Lipinski definition) is 0. The Bertz CT molecular complexity index is 366. The van der Waals surface area contributed by atoms with Gasteiger partial charge >= 0.3 is 5.97 Å². The Morgan fingerprint density at radius 3 is 2.64 bits per heavy atom. The third-order valence-corrected chi connectivity index (χ3v) is 2.27. The molecule has 0 fully saturated rings. The second-order valence-electron chi connectivity index (χ2n) is 2.55. The van der Waals surface area contributed by atoms with Crippen LogP contribution in [0.4, 0.5) is 8.78 Å². The van der Waals surface area contributed by atoms with Gasteiger partial charge in [0.2, 0.25) is 0 Å². The van der Waals surface area contributed by atoms with E-state index in [2.05, 4.69) is 20.7 Å². The van der Waals surface area contributed by atoms with E-state index in [0.717, 1.165) is 19.2 Å². The summed E-state index contributed by atoms with van der Waals surface area (Å²) in [6.07, 6.45) is 0. The van der Waals surface area contributed by atoms with E-state index in [9.17, 15) is 13.6 Å². The summed E-state index contributed by atoms with van der Waals surface area (Å²) in [5.41, 5.74) is -0.299. The molecule has 1 aromatic rings. The van der Waals surface area contributed by atoms with Gasteiger partial charge in [0.25, 0.3) is 0 Å². The molecule has 0 bridgehead atoms. The van der Waals surface area contributed by atoms with Crippen molar-refractivity contribution < 1.29 is 18.3 Å². The van der Waals surface area contributed by atoms with E-state index in [-0.39, 0.29) is 16.5 Å². The quantitative estimate of drug-likeness (QED) is 0.607. The van der Waals surface area contributed by atoms with Crippen molar-refractivity contribution in [1.82, 2.24) is 0 Å². The van der Waals surface area contributed by atoms with Crippen molar-refractivity contribution >= 4 is 21.9 Å². The van der Waals surface area contributed by atoms with Crippen LogP contribution >= 0.6 is 15.9 Å². The summed E-state index contributed by atoms with van der Waals surface area (Å²) in [5, 5.41) is 0.139. The summed E-state index contributed by atoms with van der Waals surface area (Å²) in [6.45, 7) is 0. The molecular weight excluding hydrogens is 258 g/mol. The van der Waals surface area contributed by atoms with E-state index < -0.39 is 17.6 Å². The zero-order valence-corrected chi connectivity index (χ0v) is 8.90. The van der Waals surface area contributed by atoms with Crippen LogP contribution in [0.25, 0.3) is 0 Å². The van der Waals surface area contributed by atoms with E-state index >= 15 is 0 Å². The third kappa shape index (κ3) is 2.09. The molecule has 14 heavy (non-hydrogen) atoms. The van der Waals surface area contributed by atoms with Gasteiger partial charge in [0.15, 0.2) is 0 Å². The van der Waals surface area contributed by atoms with Crippen molar-refractivity contribution in [3.05, 3.63) is 34.9 Å². The number of rotatable bonds is 2. The highest BCUT2D eigenvalue weighted by atomic mass is 79.9. The maximum Gasteiger partial charge on any atom is 0.340 e. The summed E-state index contributed by atoms with van der Waals surface area (Å²) < 4.78 is 30.6. The van der Waals surface area contributed by atoms with Crippen LogP contribution in [-0.2, 0) is 10.1 Å². The van der Waals surface area contributed by atoms with Crippen LogP contribution in [0.15, 0.2) is 12.1 Å². The van der Waals surface area contributed by atoms with E-state index in [0.29, 0.717) is 0 Å². The number of halogens is 3. The molecule has 0 aromatic heterocycles. The fraction of sp³-hybridized carbons (Fsp3) is 0.222. The van der Waals surface area contributed by atoms with Crippen LogP contribution < -0.4 is 0 Å². The molecule has 0 aliphatic heterocycles. The van der Waals surface area contributed by atoms with Crippen LogP contribution in [0.3, 0.4) is 0 Å². The second kappa shape index (κ2) is 4.50. The number of esters is 1. The van der Waals surface area contributed by atoms with Gasteiger partial charge < -0.3 is 4.74 Å². The number of alkyl halides is 1. The van der Waals surface area contributed by atoms with Crippen molar-refractivity contribution in [2.24, 2.45) is 0 Å². The Balaban J connectivity index is 3.29. The Morgan fingerprint density at radius 2 is 2.14 bits per heavy atom. The SMILES string of the molecule is COC(=O)c1cc(F)cc(CBr)c1F. The van der Waals surface area contributed by atoms with Crippen LogP contribution in [0, 0.1) is 11.6 Å². The largest absolute Gasteiger partial charge is 0.465 e. The smallest absolute Gasteiger partial charge is 0.340 e. The molecule has 0 aliphatic carbocycles. The zero-order chi connectivity index (χ0) is 10.7. The number of methoxy groups -OCH3 is 1. The predicted molar refractivity (Wildman–Crippen MR) is 50.3 cm³/mol. The van der Waals surface area contributed by atoms with Crippen molar-refractivity contribution in [3.8, 4) is 0 Å². The van der Waals surface area contributed by atoms with Crippen LogP contribution in [0.2, 0.25) is 0 Å². The lowest BCUT2D eigenvalue weighted by Crippen LogP contribution is -2.07. The molecule has 1 aromatic carbocycles. The molecule has 0 atom stereocenters. The number of carbonyl (C=O) groups excluding carboxylic acids is 1. The van der Waals surface area contributed by atoms with E-state index in [1.54, 1.807) is 0 Å². The first-order chi connectivity index (χ1) is 6.60. The Labute approximate surface area is 88.0 Å². The van der Waals surface area contributed by atoms with Crippen molar-refractivity contribution in [1.29, 1.82) is 0 Å². The van der Waals surface area contributed by atoms with Crippen LogP contribution in [0.1, 0.15) is 15.9 Å². The average molecular weight is 265 g/mol. The lowest BCUT2D eigenvalue weighted by molar-refractivity contribution is 0.0594. The Kier molecular flexibility index (Phi) is 3.57. The summed E-state index contributed by atoms with van der Waals surface area (Å²) in [5.74, 6) is -2.31. The minimum absolute atomic E-state index is 0.0883. The van der Waals surface area contributed by atoms with Crippen molar-refractivity contribution in [3.63, 3.8) is 0 Å². The van der Waals surface area contributed by atoms with Gasteiger partial charge in [-0.15, -0.1) is 0 Å². The molecular formula is C9H7BrF2O2. The Morgan fingerprint density at radius 1 is 1.50 bits per heavy atom.